The van der Waals surface area contributed by atoms with E-state index in [1.165, 1.54) is 12.1 Å². The van der Waals surface area contributed by atoms with Gasteiger partial charge in [0, 0.05) is 0 Å². The molecule has 6 nitrogen and oxygen atoms in total. The van der Waals surface area contributed by atoms with Crippen LogP contribution in [0.4, 0.5) is 10.1 Å². The number of aliphatic hydroxyl groups is 2. The van der Waals surface area contributed by atoms with E-state index in [0.717, 1.165) is 6.07 Å². The molecule has 0 unspecified atom stereocenters. The van der Waals surface area contributed by atoms with Crippen molar-refractivity contribution in [2.24, 2.45) is 0 Å². The maximum absolute atomic E-state index is 13.4. The predicted octanol–water partition coefficient (Wildman–Crippen LogP) is -0.961. The molecule has 0 aliphatic carbocycles. The molecule has 1 aromatic rings. The van der Waals surface area contributed by atoms with Crippen LogP contribution in [-0.4, -0.2) is 37.9 Å². The number of nitrogen functional groups attached to an aromatic ring is 1. The van der Waals surface area contributed by atoms with Gasteiger partial charge in [-0.3, -0.25) is 0 Å². The third-order valence-electron chi connectivity index (χ3n) is 2.03. The first-order valence-electron chi connectivity index (χ1n) is 4.70. The number of rotatable bonds is 5. The Morgan fingerprint density at radius 1 is 1.35 bits per heavy atom. The average molecular weight is 264 g/mol. The lowest BCUT2D eigenvalue weighted by Crippen LogP contribution is -2.40. The minimum Gasteiger partial charge on any atom is -0.398 e. The van der Waals surface area contributed by atoms with Crippen LogP contribution in [0.5, 0.6) is 0 Å². The van der Waals surface area contributed by atoms with Crippen molar-refractivity contribution < 1.29 is 23.0 Å². The van der Waals surface area contributed by atoms with Gasteiger partial charge in [0.2, 0.25) is 10.0 Å². The molecule has 5 N–H and O–H groups in total. The number of aliphatic hydroxyl groups excluding tert-OH is 2. The van der Waals surface area contributed by atoms with Gasteiger partial charge in [0.25, 0.3) is 0 Å². The highest BCUT2D eigenvalue weighted by Gasteiger charge is 2.24. The summed E-state index contributed by atoms with van der Waals surface area (Å²) < 4.78 is 38.8. The molecule has 17 heavy (non-hydrogen) atoms. The second kappa shape index (κ2) is 5.41. The van der Waals surface area contributed by atoms with Crippen LogP contribution in [0, 0.1) is 5.82 Å². The van der Waals surface area contributed by atoms with Crippen molar-refractivity contribution in [3.63, 3.8) is 0 Å². The van der Waals surface area contributed by atoms with Crippen LogP contribution in [-0.2, 0) is 10.0 Å². The molecule has 1 rings (SSSR count). The molecule has 0 atom stereocenters. The molecule has 0 aliphatic heterocycles. The number of sulfonamides is 1. The van der Waals surface area contributed by atoms with E-state index in [4.69, 9.17) is 15.9 Å². The van der Waals surface area contributed by atoms with Crippen molar-refractivity contribution in [1.29, 1.82) is 0 Å². The minimum absolute atomic E-state index is 0.243. The van der Waals surface area contributed by atoms with E-state index in [2.05, 4.69) is 0 Å². The molecule has 0 amide bonds. The number of halogens is 1. The van der Waals surface area contributed by atoms with Crippen molar-refractivity contribution in [3.05, 3.63) is 24.0 Å². The maximum atomic E-state index is 13.4. The Morgan fingerprint density at radius 3 is 2.41 bits per heavy atom. The number of nitrogens with two attached hydrogens (primary N) is 1. The second-order valence-electron chi connectivity index (χ2n) is 3.34. The molecule has 0 spiro atoms. The van der Waals surface area contributed by atoms with Crippen molar-refractivity contribution in [2.45, 2.75) is 10.9 Å². The van der Waals surface area contributed by atoms with Gasteiger partial charge in [0.1, 0.15) is 10.7 Å². The van der Waals surface area contributed by atoms with Crippen LogP contribution in [0.15, 0.2) is 23.1 Å². The number of hydrogen-bond donors (Lipinski definition) is 4. The summed E-state index contributed by atoms with van der Waals surface area (Å²) in [4.78, 5) is -0.688. The standard InChI is InChI=1S/C9H13FN2O4S/c10-7-2-1-3-8(11)9(7)17(15,16)12-6(4-13)5-14/h1-3,6,12-14H,4-5,11H2. The van der Waals surface area contributed by atoms with Crippen LogP contribution in [0.3, 0.4) is 0 Å². The van der Waals surface area contributed by atoms with Crippen molar-refractivity contribution in [1.82, 2.24) is 4.72 Å². The van der Waals surface area contributed by atoms with E-state index in [0.29, 0.717) is 0 Å². The summed E-state index contributed by atoms with van der Waals surface area (Å²) in [5, 5.41) is 17.5. The molecular weight excluding hydrogens is 251 g/mol. The van der Waals surface area contributed by atoms with Crippen LogP contribution in [0.2, 0.25) is 0 Å². The summed E-state index contributed by atoms with van der Waals surface area (Å²) in [6.45, 7) is -1.21. The molecule has 0 aromatic heterocycles. The van der Waals surface area contributed by atoms with Gasteiger partial charge in [-0.1, -0.05) is 6.07 Å². The molecule has 0 heterocycles. The Balaban J connectivity index is 3.14. The highest BCUT2D eigenvalue weighted by molar-refractivity contribution is 7.89. The molecule has 96 valence electrons. The van der Waals surface area contributed by atoms with Crippen LogP contribution in [0.25, 0.3) is 0 Å². The highest BCUT2D eigenvalue weighted by Crippen LogP contribution is 2.21. The molecule has 8 heteroatoms. The summed E-state index contributed by atoms with van der Waals surface area (Å²) in [5.41, 5.74) is 5.14. The van der Waals surface area contributed by atoms with E-state index >= 15 is 0 Å². The van der Waals surface area contributed by atoms with Gasteiger partial charge in [-0.25, -0.2) is 17.5 Å². The zero-order chi connectivity index (χ0) is 13.1. The number of anilines is 1. The fourth-order valence-corrected chi connectivity index (χ4v) is 2.63. The minimum atomic E-state index is -4.22. The Labute approximate surface area is 97.9 Å². The topological polar surface area (TPSA) is 113 Å². The first kappa shape index (κ1) is 13.8. The summed E-state index contributed by atoms with van der Waals surface area (Å²) in [5.74, 6) is -0.993. The number of nitrogens with one attached hydrogen (secondary N) is 1. The zero-order valence-corrected chi connectivity index (χ0v) is 9.61. The Hall–Kier alpha value is -1.22. The van der Waals surface area contributed by atoms with Gasteiger partial charge >= 0.3 is 0 Å². The first-order valence-corrected chi connectivity index (χ1v) is 6.18. The maximum Gasteiger partial charge on any atom is 0.245 e. The zero-order valence-electron chi connectivity index (χ0n) is 8.80. The monoisotopic (exact) mass is 264 g/mol. The fourth-order valence-electron chi connectivity index (χ4n) is 1.22. The summed E-state index contributed by atoms with van der Waals surface area (Å²) >= 11 is 0. The molecule has 0 radical (unpaired) electrons. The molecule has 0 aliphatic rings. The predicted molar refractivity (Wildman–Crippen MR) is 59.1 cm³/mol. The van der Waals surface area contributed by atoms with Crippen molar-refractivity contribution in [2.75, 3.05) is 18.9 Å². The van der Waals surface area contributed by atoms with E-state index in [-0.39, 0.29) is 5.69 Å². The Morgan fingerprint density at radius 2 is 1.94 bits per heavy atom. The third kappa shape index (κ3) is 3.13. The SMILES string of the molecule is Nc1cccc(F)c1S(=O)(=O)NC(CO)CO. The normalized spacial score (nSPS) is 12.0. The number of hydrogen-bond acceptors (Lipinski definition) is 5. The van der Waals surface area contributed by atoms with E-state index in [1.807, 2.05) is 4.72 Å². The number of benzene rings is 1. The molecule has 0 bridgehead atoms. The van der Waals surface area contributed by atoms with Crippen LogP contribution < -0.4 is 10.5 Å². The summed E-state index contributed by atoms with van der Waals surface area (Å²) in [6, 6.07) is 2.38. The van der Waals surface area contributed by atoms with Gasteiger partial charge < -0.3 is 15.9 Å². The molecular formula is C9H13FN2O4S. The average Bonchev–Trinajstić information content (AvgIpc) is 2.25. The quantitative estimate of drug-likeness (QED) is 0.512. The smallest absolute Gasteiger partial charge is 0.245 e. The first-order chi connectivity index (χ1) is 7.92. The largest absolute Gasteiger partial charge is 0.398 e. The molecule has 1 aromatic carbocycles. The van der Waals surface area contributed by atoms with E-state index in [9.17, 15) is 12.8 Å². The summed E-state index contributed by atoms with van der Waals surface area (Å²) in [7, 11) is -4.22. The molecule has 0 saturated carbocycles. The van der Waals surface area contributed by atoms with Crippen molar-refractivity contribution >= 4 is 15.7 Å². The lowest BCUT2D eigenvalue weighted by molar-refractivity contribution is 0.185. The summed E-state index contributed by atoms with van der Waals surface area (Å²) in [6.07, 6.45) is 0. The Kier molecular flexibility index (Phi) is 4.40. The lowest BCUT2D eigenvalue weighted by Gasteiger charge is -2.15. The van der Waals surface area contributed by atoms with E-state index in [1.54, 1.807) is 0 Å². The molecule has 0 fully saturated rings. The van der Waals surface area contributed by atoms with Gasteiger partial charge in [-0.15, -0.1) is 0 Å². The lowest BCUT2D eigenvalue weighted by atomic mass is 10.3. The Bertz CT molecular complexity index is 468. The highest BCUT2D eigenvalue weighted by atomic mass is 32.2. The van der Waals surface area contributed by atoms with Gasteiger partial charge in [0.15, 0.2) is 0 Å². The second-order valence-corrected chi connectivity index (χ2v) is 4.99. The van der Waals surface area contributed by atoms with Crippen LogP contribution >= 0.6 is 0 Å². The van der Waals surface area contributed by atoms with E-state index < -0.39 is 40.0 Å². The van der Waals surface area contributed by atoms with Crippen molar-refractivity contribution in [3.8, 4) is 0 Å². The fraction of sp³-hybridized carbons (Fsp3) is 0.333. The van der Waals surface area contributed by atoms with Gasteiger partial charge in [0.05, 0.1) is 24.9 Å². The molecule has 0 saturated heterocycles. The van der Waals surface area contributed by atoms with Gasteiger partial charge in [-0.05, 0) is 12.1 Å². The third-order valence-corrected chi connectivity index (χ3v) is 3.64. The van der Waals surface area contributed by atoms with Gasteiger partial charge in [-0.2, -0.15) is 0 Å². The van der Waals surface area contributed by atoms with Crippen LogP contribution in [0.1, 0.15) is 0 Å².